The lowest BCUT2D eigenvalue weighted by molar-refractivity contribution is -0.387. The summed E-state index contributed by atoms with van der Waals surface area (Å²) in [6, 6.07) is 3.81. The molecular formula is C14H22ClN3O5S. The van der Waals surface area contributed by atoms with E-state index in [2.05, 4.69) is 5.32 Å². The Morgan fingerprint density at radius 2 is 2.17 bits per heavy atom. The van der Waals surface area contributed by atoms with Gasteiger partial charge in [-0.15, -0.1) is 12.4 Å². The summed E-state index contributed by atoms with van der Waals surface area (Å²) in [4.78, 5) is 10.3. The van der Waals surface area contributed by atoms with Gasteiger partial charge in [0.25, 0.3) is 5.69 Å². The number of ether oxygens (including phenoxy) is 1. The molecule has 0 spiro atoms. The predicted molar refractivity (Wildman–Crippen MR) is 92.3 cm³/mol. The fourth-order valence-corrected chi connectivity index (χ4v) is 4.52. The molecule has 1 aromatic carbocycles. The highest BCUT2D eigenvalue weighted by Crippen LogP contribution is 2.32. The molecule has 2 rings (SSSR count). The van der Waals surface area contributed by atoms with Gasteiger partial charge in [0, 0.05) is 13.1 Å². The number of piperidine rings is 1. The fourth-order valence-electron chi connectivity index (χ4n) is 2.82. The van der Waals surface area contributed by atoms with E-state index in [1.165, 1.54) is 23.5 Å². The van der Waals surface area contributed by atoms with Crippen LogP contribution in [0, 0.1) is 16.0 Å². The SMILES string of the molecule is CNCC1CCCN(S(=O)(=O)c2ccc(OC)cc2[N+](=O)[O-])C1.Cl. The van der Waals surface area contributed by atoms with E-state index < -0.39 is 20.6 Å². The number of halogens is 1. The molecule has 0 aliphatic carbocycles. The number of sulfonamides is 1. The minimum absolute atomic E-state index is 0. The molecule has 1 saturated heterocycles. The van der Waals surface area contributed by atoms with Crippen molar-refractivity contribution in [3.63, 3.8) is 0 Å². The summed E-state index contributed by atoms with van der Waals surface area (Å²) in [6.45, 7) is 1.47. The number of hydrogen-bond acceptors (Lipinski definition) is 6. The van der Waals surface area contributed by atoms with E-state index in [1.807, 2.05) is 7.05 Å². The lowest BCUT2D eigenvalue weighted by Gasteiger charge is -2.31. The second kappa shape index (κ2) is 8.61. The third-order valence-electron chi connectivity index (χ3n) is 3.96. The summed E-state index contributed by atoms with van der Waals surface area (Å²) in [6.07, 6.45) is 1.69. The number of nitro groups is 1. The van der Waals surface area contributed by atoms with E-state index in [-0.39, 0.29) is 29.0 Å². The Morgan fingerprint density at radius 1 is 1.46 bits per heavy atom. The van der Waals surface area contributed by atoms with Gasteiger partial charge in [-0.2, -0.15) is 4.31 Å². The van der Waals surface area contributed by atoms with Gasteiger partial charge in [0.1, 0.15) is 5.75 Å². The van der Waals surface area contributed by atoms with E-state index in [9.17, 15) is 18.5 Å². The maximum Gasteiger partial charge on any atom is 0.293 e. The molecule has 0 aromatic heterocycles. The molecule has 1 aromatic rings. The predicted octanol–water partition coefficient (Wildman–Crippen LogP) is 1.65. The van der Waals surface area contributed by atoms with Crippen LogP contribution >= 0.6 is 12.4 Å². The third kappa shape index (κ3) is 4.35. The summed E-state index contributed by atoms with van der Waals surface area (Å²) in [7, 11) is -0.709. The topological polar surface area (TPSA) is 102 Å². The number of nitrogens with zero attached hydrogens (tertiary/aromatic N) is 2. The molecule has 1 N–H and O–H groups in total. The average molecular weight is 380 g/mol. The third-order valence-corrected chi connectivity index (χ3v) is 5.87. The van der Waals surface area contributed by atoms with Crippen molar-refractivity contribution >= 4 is 28.1 Å². The molecule has 0 radical (unpaired) electrons. The number of benzene rings is 1. The molecule has 136 valence electrons. The number of methoxy groups -OCH3 is 1. The molecule has 10 heteroatoms. The molecule has 1 heterocycles. The number of nitrogens with one attached hydrogen (secondary N) is 1. The molecule has 8 nitrogen and oxygen atoms in total. The van der Waals surface area contributed by atoms with Crippen LogP contribution in [-0.4, -0.2) is 51.4 Å². The lowest BCUT2D eigenvalue weighted by atomic mass is 10.00. The second-order valence-electron chi connectivity index (χ2n) is 5.52. The quantitative estimate of drug-likeness (QED) is 0.595. The van der Waals surface area contributed by atoms with Crippen molar-refractivity contribution in [1.29, 1.82) is 0 Å². The molecule has 1 aliphatic heterocycles. The van der Waals surface area contributed by atoms with Crippen LogP contribution in [0.5, 0.6) is 5.75 Å². The average Bonchev–Trinajstić information content (AvgIpc) is 2.54. The van der Waals surface area contributed by atoms with E-state index >= 15 is 0 Å². The number of hydrogen-bond donors (Lipinski definition) is 1. The van der Waals surface area contributed by atoms with Gasteiger partial charge in [0.05, 0.1) is 18.1 Å². The first-order valence-electron chi connectivity index (χ1n) is 7.37. The highest BCUT2D eigenvalue weighted by Gasteiger charge is 2.34. The number of nitro benzene ring substituents is 1. The van der Waals surface area contributed by atoms with Crippen LogP contribution in [-0.2, 0) is 10.0 Å². The molecule has 0 bridgehead atoms. The van der Waals surface area contributed by atoms with Crippen molar-refractivity contribution in [2.75, 3.05) is 33.8 Å². The first-order valence-corrected chi connectivity index (χ1v) is 8.81. The van der Waals surface area contributed by atoms with Crippen LogP contribution in [0.25, 0.3) is 0 Å². The minimum atomic E-state index is -3.91. The Hall–Kier alpha value is -1.42. The minimum Gasteiger partial charge on any atom is -0.497 e. The molecule has 1 aliphatic rings. The van der Waals surface area contributed by atoms with Crippen molar-refractivity contribution in [3.05, 3.63) is 28.3 Å². The summed E-state index contributed by atoms with van der Waals surface area (Å²) < 4.78 is 31.9. The monoisotopic (exact) mass is 379 g/mol. The van der Waals surface area contributed by atoms with Gasteiger partial charge in [-0.05, 0) is 44.5 Å². The van der Waals surface area contributed by atoms with Crippen LogP contribution in [0.2, 0.25) is 0 Å². The molecule has 0 saturated carbocycles. The summed E-state index contributed by atoms with van der Waals surface area (Å²) in [5.41, 5.74) is -0.458. The van der Waals surface area contributed by atoms with Crippen molar-refractivity contribution < 1.29 is 18.1 Å². The molecule has 1 fully saturated rings. The smallest absolute Gasteiger partial charge is 0.293 e. The van der Waals surface area contributed by atoms with Gasteiger partial charge in [-0.3, -0.25) is 10.1 Å². The molecule has 1 unspecified atom stereocenters. The Kier molecular flexibility index (Phi) is 7.40. The normalized spacial score (nSPS) is 18.7. The fraction of sp³-hybridized carbons (Fsp3) is 0.571. The number of rotatable bonds is 6. The first-order chi connectivity index (χ1) is 10.9. The van der Waals surface area contributed by atoms with Crippen molar-refractivity contribution in [1.82, 2.24) is 9.62 Å². The van der Waals surface area contributed by atoms with Crippen LogP contribution in [0.4, 0.5) is 5.69 Å². The molecule has 0 amide bonds. The summed E-state index contributed by atoms with van der Waals surface area (Å²) >= 11 is 0. The van der Waals surface area contributed by atoms with Gasteiger partial charge in [0.2, 0.25) is 10.0 Å². The summed E-state index contributed by atoms with van der Waals surface area (Å²) in [5, 5.41) is 14.3. The van der Waals surface area contributed by atoms with E-state index in [0.29, 0.717) is 13.1 Å². The van der Waals surface area contributed by atoms with Gasteiger partial charge < -0.3 is 10.1 Å². The van der Waals surface area contributed by atoms with Crippen LogP contribution in [0.1, 0.15) is 12.8 Å². The Bertz CT molecular complexity index is 681. The molecular weight excluding hydrogens is 358 g/mol. The molecule has 24 heavy (non-hydrogen) atoms. The maximum absolute atomic E-state index is 12.8. The van der Waals surface area contributed by atoms with Crippen molar-refractivity contribution in [2.45, 2.75) is 17.7 Å². The maximum atomic E-state index is 12.8. The highest BCUT2D eigenvalue weighted by atomic mass is 35.5. The zero-order chi connectivity index (χ0) is 17.0. The van der Waals surface area contributed by atoms with Crippen LogP contribution in [0.15, 0.2) is 23.1 Å². The Balaban J connectivity index is 0.00000288. The second-order valence-corrected chi connectivity index (χ2v) is 7.43. The van der Waals surface area contributed by atoms with E-state index in [1.54, 1.807) is 0 Å². The zero-order valence-corrected chi connectivity index (χ0v) is 15.2. The largest absolute Gasteiger partial charge is 0.497 e. The van der Waals surface area contributed by atoms with Crippen molar-refractivity contribution in [2.24, 2.45) is 5.92 Å². The van der Waals surface area contributed by atoms with Gasteiger partial charge >= 0.3 is 0 Å². The lowest BCUT2D eigenvalue weighted by Crippen LogP contribution is -2.42. The first kappa shape index (κ1) is 20.6. The van der Waals surface area contributed by atoms with Gasteiger partial charge in [0.15, 0.2) is 4.90 Å². The van der Waals surface area contributed by atoms with Crippen molar-refractivity contribution in [3.8, 4) is 5.75 Å². The summed E-state index contributed by atoms with van der Waals surface area (Å²) in [5.74, 6) is 0.461. The van der Waals surface area contributed by atoms with E-state index in [4.69, 9.17) is 4.74 Å². The van der Waals surface area contributed by atoms with E-state index in [0.717, 1.165) is 25.5 Å². The highest BCUT2D eigenvalue weighted by molar-refractivity contribution is 7.89. The molecule has 1 atom stereocenters. The van der Waals surface area contributed by atoms with Gasteiger partial charge in [-0.25, -0.2) is 8.42 Å². The van der Waals surface area contributed by atoms with Gasteiger partial charge in [-0.1, -0.05) is 0 Å². The zero-order valence-electron chi connectivity index (χ0n) is 13.6. The Labute approximate surface area is 147 Å². The Morgan fingerprint density at radius 3 is 2.75 bits per heavy atom. The van der Waals surface area contributed by atoms with Crippen LogP contribution < -0.4 is 10.1 Å². The van der Waals surface area contributed by atoms with Crippen LogP contribution in [0.3, 0.4) is 0 Å². The standard InChI is InChI=1S/C14H21N3O5S.ClH/c1-15-9-11-4-3-7-16(10-11)23(20,21)14-6-5-12(22-2)8-13(14)17(18)19;/h5-6,8,11,15H,3-4,7,9-10H2,1-2H3;1H.